The van der Waals surface area contributed by atoms with Gasteiger partial charge in [-0.2, -0.15) is 4.39 Å². The number of aliphatic carboxylic acids is 1. The zero-order valence-corrected chi connectivity index (χ0v) is 23.4. The Kier molecular flexibility index (Phi) is 11.0. The lowest BCUT2D eigenvalue weighted by atomic mass is 9.72. The van der Waals surface area contributed by atoms with Gasteiger partial charge < -0.3 is 40.8 Å². The molecule has 42 heavy (non-hydrogen) atoms. The summed E-state index contributed by atoms with van der Waals surface area (Å²) in [7, 11) is 6.09. The summed E-state index contributed by atoms with van der Waals surface area (Å²) in [6, 6.07) is -0.224. The lowest BCUT2D eigenvalue weighted by Crippen LogP contribution is -2.58. The highest BCUT2D eigenvalue weighted by Crippen LogP contribution is 2.30. The molecule has 1 unspecified atom stereocenters. The summed E-state index contributed by atoms with van der Waals surface area (Å²) in [5.41, 5.74) is -3.55. The number of hydrogen-bond acceptors (Lipinski definition) is 9. The number of benzene rings is 1. The molecule has 16 heteroatoms. The average Bonchev–Trinajstić information content (AvgIpc) is 2.89. The molecule has 3 amide bonds. The maximum Gasteiger partial charge on any atom is 0.340 e. The van der Waals surface area contributed by atoms with Crippen LogP contribution in [-0.4, -0.2) is 63.0 Å². The van der Waals surface area contributed by atoms with Crippen molar-refractivity contribution in [2.24, 2.45) is 0 Å². The first-order valence-electron chi connectivity index (χ1n) is 12.4. The number of aliphatic hydroxyl groups is 2. The Morgan fingerprint density at radius 1 is 1.10 bits per heavy atom. The van der Waals surface area contributed by atoms with Gasteiger partial charge in [-0.1, -0.05) is 13.2 Å². The van der Waals surface area contributed by atoms with Crippen LogP contribution in [0.3, 0.4) is 0 Å². The number of carbonyl (C=O) groups excluding carboxylic acids is 2. The van der Waals surface area contributed by atoms with E-state index in [9.17, 15) is 43.3 Å². The number of thiol groups is 1. The van der Waals surface area contributed by atoms with Crippen LogP contribution < -0.4 is 21.6 Å². The van der Waals surface area contributed by atoms with Crippen LogP contribution in [0.15, 0.2) is 40.0 Å². The normalized spacial score (nSPS) is 13.9. The Hall–Kier alpha value is -4.21. The SMILES string of the molecule is [B]C(CCCCNC(=O)Cc1c(C)c2cc(F)c(O)c(F)c2oc1=O)(NC(=O)N[C@@](S)(CCC(=O)O)C(=C)O)C(=C)O. The minimum Gasteiger partial charge on any atom is -0.511 e. The van der Waals surface area contributed by atoms with E-state index in [1.54, 1.807) is 0 Å². The Bertz CT molecular complexity index is 1490. The molecule has 1 aromatic heterocycles. The standard InChI is InChI=1S/C26H30BF2N3O9S/c1-12-15-10-17(28)21(38)20(29)22(15)41-23(39)16(12)11-18(35)30-9-5-4-7-25(27,13(2)33)31-24(40)32-26(42,14(3)34)8-6-19(36)37/h10,33-34,38,42H,2-9,11H2,1H3,(H,30,35)(H,36,37)(H2,31,32,40)/t25?,26-/m1/s1. The number of nitrogens with one attached hydrogen (secondary N) is 3. The van der Waals surface area contributed by atoms with Crippen molar-refractivity contribution in [1.82, 2.24) is 16.0 Å². The average molecular weight is 609 g/mol. The number of carbonyl (C=O) groups is 3. The first-order valence-corrected chi connectivity index (χ1v) is 12.9. The third kappa shape index (κ3) is 8.18. The van der Waals surface area contributed by atoms with E-state index >= 15 is 0 Å². The zero-order valence-electron chi connectivity index (χ0n) is 22.6. The van der Waals surface area contributed by atoms with Crippen LogP contribution in [0.25, 0.3) is 11.0 Å². The predicted molar refractivity (Wildman–Crippen MR) is 152 cm³/mol. The fourth-order valence-corrected chi connectivity index (χ4v) is 4.10. The molecule has 0 fully saturated rings. The van der Waals surface area contributed by atoms with Crippen molar-refractivity contribution in [3.05, 3.63) is 63.9 Å². The lowest BCUT2D eigenvalue weighted by Gasteiger charge is -2.34. The maximum absolute atomic E-state index is 14.1. The number of unbranched alkanes of at least 4 members (excludes halogenated alkanes) is 1. The van der Waals surface area contributed by atoms with Gasteiger partial charge in [-0.15, -0.1) is 12.6 Å². The van der Waals surface area contributed by atoms with Gasteiger partial charge in [0.25, 0.3) is 0 Å². The number of halogens is 2. The van der Waals surface area contributed by atoms with Gasteiger partial charge in [0.05, 0.1) is 17.4 Å². The van der Waals surface area contributed by atoms with E-state index in [1.165, 1.54) is 6.92 Å². The highest BCUT2D eigenvalue weighted by molar-refractivity contribution is 7.82. The van der Waals surface area contributed by atoms with Crippen LogP contribution in [-0.2, 0) is 16.0 Å². The third-order valence-electron chi connectivity index (χ3n) is 6.45. The van der Waals surface area contributed by atoms with Gasteiger partial charge in [-0.05, 0) is 44.2 Å². The monoisotopic (exact) mass is 609 g/mol. The molecule has 226 valence electrons. The summed E-state index contributed by atoms with van der Waals surface area (Å²) in [5.74, 6) is -7.04. The van der Waals surface area contributed by atoms with Gasteiger partial charge in [-0.25, -0.2) is 14.0 Å². The zero-order chi connectivity index (χ0) is 32.0. The largest absolute Gasteiger partial charge is 0.511 e. The van der Waals surface area contributed by atoms with Crippen molar-refractivity contribution in [3.8, 4) is 5.75 Å². The molecule has 2 atom stereocenters. The first-order chi connectivity index (χ1) is 19.4. The van der Waals surface area contributed by atoms with Gasteiger partial charge in [0.1, 0.15) is 24.2 Å². The van der Waals surface area contributed by atoms with Gasteiger partial charge in [-0.3, -0.25) is 9.59 Å². The summed E-state index contributed by atoms with van der Waals surface area (Å²) in [6.45, 7) is 8.09. The van der Waals surface area contributed by atoms with Crippen LogP contribution in [0.2, 0.25) is 0 Å². The number of phenolic OH excluding ortho intramolecular Hbond substituents is 1. The summed E-state index contributed by atoms with van der Waals surface area (Å²) in [5, 5.41) is 45.0. The van der Waals surface area contributed by atoms with Crippen molar-refractivity contribution >= 4 is 49.4 Å². The van der Waals surface area contributed by atoms with Crippen molar-refractivity contribution in [2.45, 2.75) is 55.8 Å². The van der Waals surface area contributed by atoms with E-state index in [0.29, 0.717) is 0 Å². The molecule has 0 saturated carbocycles. The number of phenols is 1. The second-order valence-electron chi connectivity index (χ2n) is 9.57. The van der Waals surface area contributed by atoms with Crippen LogP contribution in [0.5, 0.6) is 5.75 Å². The minimum atomic E-state index is -1.85. The summed E-state index contributed by atoms with van der Waals surface area (Å²) in [4.78, 5) is 46.4. The number of carboxylic acid groups (broad SMARTS) is 1. The van der Waals surface area contributed by atoms with E-state index in [2.05, 4.69) is 41.7 Å². The molecule has 0 bridgehead atoms. The minimum absolute atomic E-state index is 0.0717. The maximum atomic E-state index is 14.1. The Morgan fingerprint density at radius 2 is 1.74 bits per heavy atom. The molecular formula is C26H30BF2N3O9S. The number of amides is 3. The number of rotatable bonds is 14. The fraction of sp³-hybridized carbons (Fsp3) is 0.385. The van der Waals surface area contributed by atoms with Crippen molar-refractivity contribution in [3.63, 3.8) is 0 Å². The molecule has 12 nitrogen and oxygen atoms in total. The summed E-state index contributed by atoms with van der Waals surface area (Å²) in [6.07, 6.45) is -0.796. The molecule has 0 aliphatic heterocycles. The van der Waals surface area contributed by atoms with Crippen molar-refractivity contribution in [2.75, 3.05) is 6.54 Å². The molecule has 0 saturated heterocycles. The van der Waals surface area contributed by atoms with E-state index in [4.69, 9.17) is 17.4 Å². The fourth-order valence-electron chi connectivity index (χ4n) is 3.89. The van der Waals surface area contributed by atoms with Gasteiger partial charge in [0, 0.05) is 18.4 Å². The Balaban J connectivity index is 1.96. The molecule has 0 aliphatic carbocycles. The van der Waals surface area contributed by atoms with Crippen molar-refractivity contribution in [1.29, 1.82) is 0 Å². The van der Waals surface area contributed by atoms with Crippen LogP contribution in [0, 0.1) is 18.6 Å². The lowest BCUT2D eigenvalue weighted by molar-refractivity contribution is -0.137. The summed E-state index contributed by atoms with van der Waals surface area (Å²) >= 11 is 4.11. The second kappa shape index (κ2) is 13.6. The Morgan fingerprint density at radius 3 is 2.31 bits per heavy atom. The number of aromatic hydroxyl groups is 1. The number of aryl methyl sites for hydroxylation is 1. The molecule has 2 radical (unpaired) electrons. The molecule has 0 aliphatic rings. The number of carboxylic acids is 1. The Labute approximate surface area is 245 Å². The highest BCUT2D eigenvalue weighted by atomic mass is 32.1. The van der Waals surface area contributed by atoms with Crippen molar-refractivity contribution < 1.29 is 48.0 Å². The van der Waals surface area contributed by atoms with Gasteiger partial charge in [0.2, 0.25) is 11.7 Å². The topological polar surface area (TPSA) is 198 Å². The van der Waals surface area contributed by atoms with Gasteiger partial charge in [0.15, 0.2) is 17.1 Å². The first kappa shape index (κ1) is 34.0. The number of aliphatic hydroxyl groups excluding tert-OH is 2. The molecule has 1 aromatic carbocycles. The molecule has 0 spiro atoms. The number of urea groups is 1. The molecule has 7 N–H and O–H groups in total. The third-order valence-corrected chi connectivity index (χ3v) is 7.05. The number of fused-ring (bicyclic) bond motifs is 1. The van der Waals surface area contributed by atoms with E-state index < -0.39 is 81.2 Å². The molecule has 1 heterocycles. The second-order valence-corrected chi connectivity index (χ2v) is 10.3. The molecule has 2 aromatic rings. The van der Waals surface area contributed by atoms with Gasteiger partial charge >= 0.3 is 17.6 Å². The molecular weight excluding hydrogens is 579 g/mol. The van der Waals surface area contributed by atoms with E-state index in [0.717, 1.165) is 6.07 Å². The predicted octanol–water partition coefficient (Wildman–Crippen LogP) is 2.71. The molecule has 2 rings (SSSR count). The quantitative estimate of drug-likeness (QED) is 0.0396. The van der Waals surface area contributed by atoms with Crippen LogP contribution in [0.4, 0.5) is 13.6 Å². The smallest absolute Gasteiger partial charge is 0.340 e. The van der Waals surface area contributed by atoms with Crippen LogP contribution >= 0.6 is 12.6 Å². The number of hydrogen-bond donors (Lipinski definition) is 8. The van der Waals surface area contributed by atoms with E-state index in [1.807, 2.05) is 0 Å². The van der Waals surface area contributed by atoms with Crippen LogP contribution in [0.1, 0.15) is 43.2 Å². The highest BCUT2D eigenvalue weighted by Gasteiger charge is 2.35. The summed E-state index contributed by atoms with van der Waals surface area (Å²) < 4.78 is 32.8. The van der Waals surface area contributed by atoms with E-state index in [-0.39, 0.29) is 48.7 Å².